The van der Waals surface area contributed by atoms with Crippen molar-refractivity contribution in [3.63, 3.8) is 0 Å². The van der Waals surface area contributed by atoms with E-state index in [1.54, 1.807) is 6.07 Å². The van der Waals surface area contributed by atoms with E-state index < -0.39 is 10.0 Å². The minimum atomic E-state index is -3.28. The second kappa shape index (κ2) is 6.49. The Morgan fingerprint density at radius 1 is 1.24 bits per heavy atom. The van der Waals surface area contributed by atoms with Gasteiger partial charge in [0, 0.05) is 24.5 Å². The molecule has 6 heteroatoms. The highest BCUT2D eigenvalue weighted by Gasteiger charge is 2.23. The molecule has 0 spiro atoms. The number of sulfonamides is 1. The average molecular weight is 276 g/mol. The number of nitrogens with zero attached hydrogens (tertiary/aromatic N) is 1. The normalized spacial score (nSPS) is 12.2. The van der Waals surface area contributed by atoms with E-state index in [0.717, 1.165) is 18.0 Å². The van der Waals surface area contributed by atoms with Crippen molar-refractivity contribution in [1.29, 1.82) is 0 Å². The summed E-state index contributed by atoms with van der Waals surface area (Å²) in [6.45, 7) is 8.38. The van der Waals surface area contributed by atoms with Crippen LogP contribution >= 0.6 is 11.3 Å². The number of hydrogen-bond donors (Lipinski definition) is 1. The maximum Gasteiger partial charge on any atom is 0.252 e. The third-order valence-corrected chi connectivity index (χ3v) is 6.09. The van der Waals surface area contributed by atoms with Crippen LogP contribution in [0.5, 0.6) is 0 Å². The average Bonchev–Trinajstić information content (AvgIpc) is 2.77. The Balaban J connectivity index is 2.88. The molecule has 1 rings (SSSR count). The lowest BCUT2D eigenvalue weighted by Crippen LogP contribution is -2.29. The van der Waals surface area contributed by atoms with E-state index in [9.17, 15) is 8.42 Å². The van der Waals surface area contributed by atoms with Crippen LogP contribution in [0.2, 0.25) is 0 Å². The molecule has 0 aliphatic rings. The molecule has 4 nitrogen and oxygen atoms in total. The molecule has 1 aromatic rings. The van der Waals surface area contributed by atoms with Gasteiger partial charge < -0.3 is 5.32 Å². The molecule has 0 saturated carbocycles. The molecule has 0 radical (unpaired) electrons. The molecule has 0 aliphatic heterocycles. The Labute approximate surface area is 108 Å². The summed E-state index contributed by atoms with van der Waals surface area (Å²) in [5.41, 5.74) is 0. The molecule has 0 amide bonds. The van der Waals surface area contributed by atoms with E-state index in [0.29, 0.717) is 17.3 Å². The van der Waals surface area contributed by atoms with E-state index in [4.69, 9.17) is 0 Å². The first-order chi connectivity index (χ1) is 8.06. The third kappa shape index (κ3) is 3.51. The number of hydrogen-bond acceptors (Lipinski definition) is 4. The zero-order valence-electron chi connectivity index (χ0n) is 10.6. The first kappa shape index (κ1) is 14.6. The minimum absolute atomic E-state index is 0.439. The summed E-state index contributed by atoms with van der Waals surface area (Å²) in [6, 6.07) is 3.58. The molecule has 1 heterocycles. The number of rotatable bonds is 7. The fourth-order valence-electron chi connectivity index (χ4n) is 1.53. The lowest BCUT2D eigenvalue weighted by atomic mass is 10.4. The predicted molar refractivity (Wildman–Crippen MR) is 71.8 cm³/mol. The van der Waals surface area contributed by atoms with E-state index in [1.165, 1.54) is 15.6 Å². The Kier molecular flexibility index (Phi) is 5.58. The van der Waals surface area contributed by atoms with Crippen LogP contribution in [-0.4, -0.2) is 32.4 Å². The van der Waals surface area contributed by atoms with Gasteiger partial charge in [0.15, 0.2) is 0 Å². The Hall–Kier alpha value is -0.430. The molecule has 0 saturated heterocycles. The van der Waals surface area contributed by atoms with Crippen molar-refractivity contribution < 1.29 is 8.42 Å². The fraction of sp³-hybridized carbons (Fsp3) is 0.636. The monoisotopic (exact) mass is 276 g/mol. The SMILES string of the molecule is CCNCc1ccc(S(=O)(=O)N(CC)CC)s1. The molecule has 0 aliphatic carbocycles. The van der Waals surface area contributed by atoms with Crippen LogP contribution in [0.4, 0.5) is 0 Å². The van der Waals surface area contributed by atoms with Crippen molar-refractivity contribution in [3.05, 3.63) is 17.0 Å². The van der Waals surface area contributed by atoms with Crippen LogP contribution in [0.25, 0.3) is 0 Å². The minimum Gasteiger partial charge on any atom is -0.312 e. The molecule has 0 bridgehead atoms. The van der Waals surface area contributed by atoms with Crippen LogP contribution < -0.4 is 5.32 Å². The zero-order valence-corrected chi connectivity index (χ0v) is 12.2. The van der Waals surface area contributed by atoms with Crippen molar-refractivity contribution >= 4 is 21.4 Å². The van der Waals surface area contributed by atoms with Crippen molar-refractivity contribution in [2.24, 2.45) is 0 Å². The Morgan fingerprint density at radius 2 is 1.88 bits per heavy atom. The van der Waals surface area contributed by atoms with Crippen molar-refractivity contribution in [3.8, 4) is 0 Å². The van der Waals surface area contributed by atoms with Gasteiger partial charge in [-0.25, -0.2) is 8.42 Å². The maximum absolute atomic E-state index is 12.2. The molecule has 0 aromatic carbocycles. The molecular formula is C11H20N2O2S2. The van der Waals surface area contributed by atoms with E-state index >= 15 is 0 Å². The lowest BCUT2D eigenvalue weighted by molar-refractivity contribution is 0.447. The van der Waals surface area contributed by atoms with Gasteiger partial charge in [-0.2, -0.15) is 4.31 Å². The van der Waals surface area contributed by atoms with E-state index in [2.05, 4.69) is 5.32 Å². The summed E-state index contributed by atoms with van der Waals surface area (Å²) in [5.74, 6) is 0. The summed E-state index contributed by atoms with van der Waals surface area (Å²) in [5, 5.41) is 3.19. The molecule has 1 aromatic heterocycles. The van der Waals surface area contributed by atoms with Gasteiger partial charge in [-0.1, -0.05) is 20.8 Å². The summed E-state index contributed by atoms with van der Waals surface area (Å²) >= 11 is 1.35. The van der Waals surface area contributed by atoms with Gasteiger partial charge in [0.2, 0.25) is 0 Å². The number of nitrogens with one attached hydrogen (secondary N) is 1. The second-order valence-electron chi connectivity index (χ2n) is 3.59. The summed E-state index contributed by atoms with van der Waals surface area (Å²) in [4.78, 5) is 1.05. The molecular weight excluding hydrogens is 256 g/mol. The van der Waals surface area contributed by atoms with Crippen LogP contribution in [0.15, 0.2) is 16.3 Å². The summed E-state index contributed by atoms with van der Waals surface area (Å²) < 4.78 is 26.3. The van der Waals surface area contributed by atoms with Gasteiger partial charge in [0.25, 0.3) is 10.0 Å². The Morgan fingerprint density at radius 3 is 2.41 bits per heavy atom. The van der Waals surface area contributed by atoms with Gasteiger partial charge in [-0.3, -0.25) is 0 Å². The Bertz CT molecular complexity index is 436. The first-order valence-electron chi connectivity index (χ1n) is 5.85. The maximum atomic E-state index is 12.2. The van der Waals surface area contributed by atoms with Gasteiger partial charge in [-0.15, -0.1) is 11.3 Å². The smallest absolute Gasteiger partial charge is 0.252 e. The van der Waals surface area contributed by atoms with Crippen LogP contribution in [0, 0.1) is 0 Å². The van der Waals surface area contributed by atoms with E-state index in [1.807, 2.05) is 26.8 Å². The molecule has 98 valence electrons. The summed E-state index contributed by atoms with van der Waals surface area (Å²) in [6.07, 6.45) is 0. The van der Waals surface area contributed by atoms with Crippen molar-refractivity contribution in [1.82, 2.24) is 9.62 Å². The zero-order chi connectivity index (χ0) is 12.9. The highest BCUT2D eigenvalue weighted by molar-refractivity contribution is 7.91. The molecule has 0 fully saturated rings. The molecule has 0 atom stereocenters. The van der Waals surface area contributed by atoms with Crippen molar-refractivity contribution in [2.75, 3.05) is 19.6 Å². The topological polar surface area (TPSA) is 49.4 Å². The highest BCUT2D eigenvalue weighted by Crippen LogP contribution is 2.24. The van der Waals surface area contributed by atoms with Gasteiger partial charge in [0.05, 0.1) is 0 Å². The van der Waals surface area contributed by atoms with Crippen molar-refractivity contribution in [2.45, 2.75) is 31.5 Å². The standard InChI is InChI=1S/C11H20N2O2S2/c1-4-12-9-10-7-8-11(16-10)17(14,15)13(5-2)6-3/h7-8,12H,4-6,9H2,1-3H3. The largest absolute Gasteiger partial charge is 0.312 e. The van der Waals surface area contributed by atoms with E-state index in [-0.39, 0.29) is 0 Å². The highest BCUT2D eigenvalue weighted by atomic mass is 32.2. The third-order valence-electron chi connectivity index (χ3n) is 2.49. The second-order valence-corrected chi connectivity index (χ2v) is 6.92. The first-order valence-corrected chi connectivity index (χ1v) is 8.11. The van der Waals surface area contributed by atoms with Crippen LogP contribution in [-0.2, 0) is 16.6 Å². The van der Waals surface area contributed by atoms with Crippen LogP contribution in [0.3, 0.4) is 0 Å². The summed E-state index contributed by atoms with van der Waals surface area (Å²) in [7, 11) is -3.28. The molecule has 0 unspecified atom stereocenters. The predicted octanol–water partition coefficient (Wildman–Crippen LogP) is 1.89. The van der Waals surface area contributed by atoms with Gasteiger partial charge >= 0.3 is 0 Å². The fourth-order valence-corrected chi connectivity index (χ4v) is 4.47. The van der Waals surface area contributed by atoms with Gasteiger partial charge in [-0.05, 0) is 18.7 Å². The lowest BCUT2D eigenvalue weighted by Gasteiger charge is -2.16. The molecule has 17 heavy (non-hydrogen) atoms. The quantitative estimate of drug-likeness (QED) is 0.827. The number of thiophene rings is 1. The van der Waals surface area contributed by atoms with Gasteiger partial charge in [0.1, 0.15) is 4.21 Å². The molecule has 1 N–H and O–H groups in total. The van der Waals surface area contributed by atoms with Crippen LogP contribution in [0.1, 0.15) is 25.6 Å².